The summed E-state index contributed by atoms with van der Waals surface area (Å²) in [5.41, 5.74) is 0.417. The highest BCUT2D eigenvalue weighted by molar-refractivity contribution is 5.87. The molecule has 0 spiro atoms. The van der Waals surface area contributed by atoms with Gasteiger partial charge >= 0.3 is 5.97 Å². The number of carbonyl (C=O) groups is 2. The number of carboxylic acids is 1. The summed E-state index contributed by atoms with van der Waals surface area (Å²) in [4.78, 5) is 23.1. The van der Waals surface area contributed by atoms with Crippen LogP contribution in [0.2, 0.25) is 0 Å². The number of carbonyl (C=O) groups excluding carboxylic acids is 1. The molecule has 0 saturated carbocycles. The molecule has 0 aliphatic rings. The lowest BCUT2D eigenvalue weighted by Crippen LogP contribution is -2.33. The minimum absolute atomic E-state index is 0.0751. The van der Waals surface area contributed by atoms with E-state index in [1.54, 1.807) is 6.92 Å². The van der Waals surface area contributed by atoms with E-state index < -0.39 is 12.0 Å². The molecule has 0 radical (unpaired) electrons. The van der Waals surface area contributed by atoms with Gasteiger partial charge in [-0.1, -0.05) is 26.0 Å². The second kappa shape index (κ2) is 7.02. The molecule has 0 aliphatic carbocycles. The molecule has 1 rings (SSSR count). The molecule has 0 bridgehead atoms. The first-order valence-corrected chi connectivity index (χ1v) is 6.83. The van der Waals surface area contributed by atoms with Gasteiger partial charge in [-0.3, -0.25) is 4.79 Å². The first-order chi connectivity index (χ1) is 9.38. The Balaban J connectivity index is 3.04. The molecule has 0 aliphatic heterocycles. The van der Waals surface area contributed by atoms with E-state index in [1.165, 1.54) is 4.68 Å². The van der Waals surface area contributed by atoms with Crippen LogP contribution in [-0.2, 0) is 11.2 Å². The van der Waals surface area contributed by atoms with E-state index in [1.807, 2.05) is 20.8 Å². The number of amides is 1. The van der Waals surface area contributed by atoms with Crippen LogP contribution < -0.4 is 5.32 Å². The minimum Gasteiger partial charge on any atom is -0.476 e. The lowest BCUT2D eigenvalue weighted by Gasteiger charge is -2.15. The number of hydrogen-bond donors (Lipinski definition) is 2. The normalized spacial score (nSPS) is 12.4. The van der Waals surface area contributed by atoms with Crippen LogP contribution in [0.5, 0.6) is 0 Å². The van der Waals surface area contributed by atoms with Gasteiger partial charge in [0.25, 0.3) is 0 Å². The molecule has 0 fully saturated rings. The van der Waals surface area contributed by atoms with Gasteiger partial charge in [0.05, 0.1) is 5.69 Å². The van der Waals surface area contributed by atoms with Crippen molar-refractivity contribution in [2.24, 2.45) is 5.92 Å². The molecule has 2 N–H and O–H groups in total. The lowest BCUT2D eigenvalue weighted by molar-refractivity contribution is -0.124. The molecular weight excluding hydrogens is 260 g/mol. The highest BCUT2D eigenvalue weighted by Gasteiger charge is 2.25. The molecule has 112 valence electrons. The molecule has 7 heteroatoms. The SMILES string of the molecule is CCCNC(=O)C(C)n1nnc(C(=O)O)c1CC(C)C. The molecule has 20 heavy (non-hydrogen) atoms. The Labute approximate surface area is 118 Å². The highest BCUT2D eigenvalue weighted by Crippen LogP contribution is 2.16. The van der Waals surface area contributed by atoms with E-state index in [0.29, 0.717) is 18.7 Å². The summed E-state index contributed by atoms with van der Waals surface area (Å²) in [5, 5.41) is 19.4. The zero-order valence-corrected chi connectivity index (χ0v) is 12.4. The summed E-state index contributed by atoms with van der Waals surface area (Å²) < 4.78 is 1.41. The van der Waals surface area contributed by atoms with Crippen molar-refractivity contribution >= 4 is 11.9 Å². The van der Waals surface area contributed by atoms with Gasteiger partial charge in [0, 0.05) is 6.54 Å². The van der Waals surface area contributed by atoms with Crippen molar-refractivity contribution in [3.63, 3.8) is 0 Å². The lowest BCUT2D eigenvalue weighted by atomic mass is 10.1. The maximum absolute atomic E-state index is 12.0. The van der Waals surface area contributed by atoms with Crippen molar-refractivity contribution in [1.82, 2.24) is 20.3 Å². The van der Waals surface area contributed by atoms with Gasteiger partial charge in [0.1, 0.15) is 6.04 Å². The standard InChI is InChI=1S/C13H22N4O3/c1-5-6-14-12(18)9(4)17-10(7-8(2)3)11(13(19)20)15-16-17/h8-9H,5-7H2,1-4H3,(H,14,18)(H,19,20). The third-order valence-electron chi connectivity index (χ3n) is 2.89. The van der Waals surface area contributed by atoms with Crippen LogP contribution in [0.15, 0.2) is 0 Å². The molecule has 1 unspecified atom stereocenters. The smallest absolute Gasteiger partial charge is 0.358 e. The van der Waals surface area contributed by atoms with Gasteiger partial charge in [-0.2, -0.15) is 0 Å². The minimum atomic E-state index is -1.12. The van der Waals surface area contributed by atoms with Gasteiger partial charge in [-0.25, -0.2) is 9.48 Å². The number of rotatable bonds is 7. The Bertz CT molecular complexity index is 482. The van der Waals surface area contributed by atoms with Gasteiger partial charge in [-0.05, 0) is 25.7 Å². The van der Waals surface area contributed by atoms with Crippen molar-refractivity contribution in [3.8, 4) is 0 Å². The highest BCUT2D eigenvalue weighted by atomic mass is 16.4. The molecule has 0 saturated heterocycles. The summed E-state index contributed by atoms with van der Waals surface area (Å²) >= 11 is 0. The van der Waals surface area contributed by atoms with Crippen molar-refractivity contribution in [1.29, 1.82) is 0 Å². The Hall–Kier alpha value is -1.92. The molecule has 0 aromatic carbocycles. The first-order valence-electron chi connectivity index (χ1n) is 6.83. The van der Waals surface area contributed by atoms with Crippen LogP contribution >= 0.6 is 0 Å². The summed E-state index contributed by atoms with van der Waals surface area (Å²) in [6.45, 7) is 8.20. The van der Waals surface area contributed by atoms with Gasteiger partial charge in [0.15, 0.2) is 5.69 Å². The van der Waals surface area contributed by atoms with Crippen LogP contribution in [0.25, 0.3) is 0 Å². The van der Waals surface area contributed by atoms with Crippen molar-refractivity contribution in [2.75, 3.05) is 6.54 Å². The second-order valence-electron chi connectivity index (χ2n) is 5.20. The number of hydrogen-bond acceptors (Lipinski definition) is 4. The fraction of sp³-hybridized carbons (Fsp3) is 0.692. The predicted octanol–water partition coefficient (Wildman–Crippen LogP) is 1.26. The number of carboxylic acid groups (broad SMARTS) is 1. The average Bonchev–Trinajstić information content (AvgIpc) is 2.77. The van der Waals surface area contributed by atoms with E-state index in [9.17, 15) is 9.59 Å². The van der Waals surface area contributed by atoms with Gasteiger partial charge < -0.3 is 10.4 Å². The fourth-order valence-corrected chi connectivity index (χ4v) is 1.87. The van der Waals surface area contributed by atoms with E-state index in [4.69, 9.17) is 5.11 Å². The molecule has 7 nitrogen and oxygen atoms in total. The maximum Gasteiger partial charge on any atom is 0.358 e. The third kappa shape index (κ3) is 3.79. The average molecular weight is 282 g/mol. The Morgan fingerprint density at radius 2 is 2.00 bits per heavy atom. The largest absolute Gasteiger partial charge is 0.476 e. The summed E-state index contributed by atoms with van der Waals surface area (Å²) in [7, 11) is 0. The number of nitrogens with zero attached hydrogens (tertiary/aromatic N) is 3. The molecule has 1 atom stereocenters. The zero-order chi connectivity index (χ0) is 15.3. The van der Waals surface area contributed by atoms with E-state index in [-0.39, 0.29) is 17.5 Å². The van der Waals surface area contributed by atoms with Gasteiger partial charge in [0.2, 0.25) is 5.91 Å². The number of aromatic nitrogens is 3. The number of aromatic carboxylic acids is 1. The van der Waals surface area contributed by atoms with Gasteiger partial charge in [-0.15, -0.1) is 5.10 Å². The van der Waals surface area contributed by atoms with Crippen molar-refractivity contribution in [3.05, 3.63) is 11.4 Å². The van der Waals surface area contributed by atoms with Crippen LogP contribution in [0.4, 0.5) is 0 Å². The molecule has 1 amide bonds. The Kier molecular flexibility index (Phi) is 5.66. The van der Waals surface area contributed by atoms with Crippen molar-refractivity contribution < 1.29 is 14.7 Å². The zero-order valence-electron chi connectivity index (χ0n) is 12.4. The van der Waals surface area contributed by atoms with E-state index in [2.05, 4.69) is 15.6 Å². The van der Waals surface area contributed by atoms with Crippen LogP contribution in [0.1, 0.15) is 56.3 Å². The summed E-state index contributed by atoms with van der Waals surface area (Å²) in [5.74, 6) is -1.05. The van der Waals surface area contributed by atoms with Crippen LogP contribution in [0.3, 0.4) is 0 Å². The predicted molar refractivity (Wildman–Crippen MR) is 73.5 cm³/mol. The topological polar surface area (TPSA) is 97.1 Å². The van der Waals surface area contributed by atoms with E-state index >= 15 is 0 Å². The summed E-state index contributed by atoms with van der Waals surface area (Å²) in [6.07, 6.45) is 1.36. The monoisotopic (exact) mass is 282 g/mol. The van der Waals surface area contributed by atoms with Crippen molar-refractivity contribution in [2.45, 2.75) is 46.6 Å². The number of nitrogens with one attached hydrogen (secondary N) is 1. The van der Waals surface area contributed by atoms with E-state index in [0.717, 1.165) is 6.42 Å². The first kappa shape index (κ1) is 16.1. The quantitative estimate of drug-likeness (QED) is 0.784. The molecular formula is C13H22N4O3. The third-order valence-corrected chi connectivity index (χ3v) is 2.89. The fourth-order valence-electron chi connectivity index (χ4n) is 1.87. The summed E-state index contributed by atoms with van der Waals surface area (Å²) in [6, 6.07) is -0.573. The molecule has 1 aromatic rings. The molecule has 1 aromatic heterocycles. The second-order valence-corrected chi connectivity index (χ2v) is 5.20. The Morgan fingerprint density at radius 3 is 2.50 bits per heavy atom. The molecule has 1 heterocycles. The Morgan fingerprint density at radius 1 is 1.35 bits per heavy atom. The van der Waals surface area contributed by atoms with Crippen LogP contribution in [0, 0.1) is 5.92 Å². The maximum atomic E-state index is 12.0. The van der Waals surface area contributed by atoms with Crippen LogP contribution in [-0.4, -0.2) is 38.5 Å².